The Labute approximate surface area is 163 Å². The van der Waals surface area contributed by atoms with Gasteiger partial charge in [0.1, 0.15) is 18.0 Å². The molecule has 0 atom stereocenters. The first-order chi connectivity index (χ1) is 13.6. The molecule has 8 heteroatoms. The second-order valence-corrected chi connectivity index (χ2v) is 8.72. The van der Waals surface area contributed by atoms with Crippen molar-refractivity contribution in [3.05, 3.63) is 60.2 Å². The number of hydrogen-bond donors (Lipinski definition) is 1. The van der Waals surface area contributed by atoms with Crippen molar-refractivity contribution in [2.75, 3.05) is 18.4 Å². The number of rotatable bonds is 5. The van der Waals surface area contributed by atoms with Crippen LogP contribution in [0.5, 0.6) is 0 Å². The Morgan fingerprint density at radius 1 is 1.04 bits per heavy atom. The molecule has 0 spiro atoms. The zero-order valence-corrected chi connectivity index (χ0v) is 16.1. The number of piperidine rings is 1. The van der Waals surface area contributed by atoms with Crippen LogP contribution in [0.25, 0.3) is 10.9 Å². The number of aromatic nitrogens is 2. The molecule has 1 fully saturated rings. The van der Waals surface area contributed by atoms with Gasteiger partial charge in [-0.05, 0) is 42.7 Å². The molecule has 0 radical (unpaired) electrons. The summed E-state index contributed by atoms with van der Waals surface area (Å²) >= 11 is 0. The molecule has 1 aromatic heterocycles. The number of benzene rings is 2. The number of halogens is 1. The first-order valence-electron chi connectivity index (χ1n) is 9.28. The zero-order chi connectivity index (χ0) is 19.6. The van der Waals surface area contributed by atoms with Crippen LogP contribution < -0.4 is 5.32 Å². The maximum Gasteiger partial charge on any atom is 0.243 e. The number of hydrogen-bond acceptors (Lipinski definition) is 5. The van der Waals surface area contributed by atoms with Crippen LogP contribution in [0.3, 0.4) is 0 Å². The molecule has 0 saturated carbocycles. The number of nitrogens with zero attached hydrogens (tertiary/aromatic N) is 3. The van der Waals surface area contributed by atoms with E-state index in [0.29, 0.717) is 40.3 Å². The van der Waals surface area contributed by atoms with Crippen LogP contribution in [0.15, 0.2) is 53.7 Å². The van der Waals surface area contributed by atoms with Crippen molar-refractivity contribution in [3.63, 3.8) is 0 Å². The Morgan fingerprint density at radius 2 is 1.82 bits per heavy atom. The highest BCUT2D eigenvalue weighted by Gasteiger charge is 2.27. The van der Waals surface area contributed by atoms with Crippen molar-refractivity contribution in [2.45, 2.75) is 30.7 Å². The van der Waals surface area contributed by atoms with E-state index in [1.807, 2.05) is 6.07 Å². The summed E-state index contributed by atoms with van der Waals surface area (Å²) < 4.78 is 41.4. The smallest absolute Gasteiger partial charge is 0.243 e. The summed E-state index contributed by atoms with van der Waals surface area (Å²) in [6.07, 6.45) is 4.24. The van der Waals surface area contributed by atoms with E-state index in [4.69, 9.17) is 0 Å². The molecule has 3 aromatic rings. The topological polar surface area (TPSA) is 75.2 Å². The molecule has 0 bridgehead atoms. The van der Waals surface area contributed by atoms with Gasteiger partial charge in [-0.15, -0.1) is 0 Å². The summed E-state index contributed by atoms with van der Waals surface area (Å²) in [6, 6.07) is 11.3. The molecule has 146 valence electrons. The van der Waals surface area contributed by atoms with Crippen LogP contribution in [0, 0.1) is 5.82 Å². The molecule has 1 aliphatic heterocycles. The lowest BCUT2D eigenvalue weighted by atomic mass is 10.2. The SMILES string of the molecule is O=S(=O)(c1ccccc1CNc1ncnc2ccc(F)cc12)N1CCCCC1. The fourth-order valence-corrected chi connectivity index (χ4v) is 5.23. The van der Waals surface area contributed by atoms with E-state index < -0.39 is 10.0 Å². The highest BCUT2D eigenvalue weighted by molar-refractivity contribution is 7.89. The Morgan fingerprint density at radius 3 is 2.64 bits per heavy atom. The van der Waals surface area contributed by atoms with Crippen LogP contribution in [0.1, 0.15) is 24.8 Å². The van der Waals surface area contributed by atoms with Crippen LogP contribution in [0.4, 0.5) is 10.2 Å². The average molecular weight is 400 g/mol. The molecular formula is C20H21FN4O2S. The minimum atomic E-state index is -3.55. The molecule has 0 aliphatic carbocycles. The van der Waals surface area contributed by atoms with Gasteiger partial charge in [-0.25, -0.2) is 22.8 Å². The van der Waals surface area contributed by atoms with Gasteiger partial charge < -0.3 is 5.32 Å². The van der Waals surface area contributed by atoms with E-state index in [2.05, 4.69) is 15.3 Å². The largest absolute Gasteiger partial charge is 0.365 e. The van der Waals surface area contributed by atoms with E-state index in [9.17, 15) is 12.8 Å². The van der Waals surface area contributed by atoms with Gasteiger partial charge in [0.2, 0.25) is 10.0 Å². The van der Waals surface area contributed by atoms with Crippen molar-refractivity contribution in [1.29, 1.82) is 0 Å². The van der Waals surface area contributed by atoms with Crippen LogP contribution in [-0.2, 0) is 16.6 Å². The van der Waals surface area contributed by atoms with Gasteiger partial charge in [-0.3, -0.25) is 0 Å². The second kappa shape index (κ2) is 7.81. The molecule has 28 heavy (non-hydrogen) atoms. The van der Waals surface area contributed by atoms with Crippen molar-refractivity contribution >= 4 is 26.7 Å². The molecule has 1 aliphatic rings. The van der Waals surface area contributed by atoms with Crippen molar-refractivity contribution in [3.8, 4) is 0 Å². The predicted molar refractivity (Wildman–Crippen MR) is 106 cm³/mol. The molecule has 6 nitrogen and oxygen atoms in total. The lowest BCUT2D eigenvalue weighted by Gasteiger charge is -2.27. The average Bonchev–Trinajstić information content (AvgIpc) is 2.73. The number of fused-ring (bicyclic) bond motifs is 1. The lowest BCUT2D eigenvalue weighted by molar-refractivity contribution is 0.346. The third-order valence-electron chi connectivity index (χ3n) is 4.95. The third-order valence-corrected chi connectivity index (χ3v) is 6.95. The first-order valence-corrected chi connectivity index (χ1v) is 10.7. The summed E-state index contributed by atoms with van der Waals surface area (Å²) in [6.45, 7) is 1.37. The minimum absolute atomic E-state index is 0.256. The van der Waals surface area contributed by atoms with Crippen LogP contribution in [-0.4, -0.2) is 35.8 Å². The molecule has 0 unspecified atom stereocenters. The van der Waals surface area contributed by atoms with Gasteiger partial charge in [0.05, 0.1) is 10.4 Å². The normalized spacial score (nSPS) is 15.6. The number of nitrogens with one attached hydrogen (secondary N) is 1. The number of sulfonamides is 1. The molecule has 2 heterocycles. The Kier molecular flexibility index (Phi) is 5.23. The van der Waals surface area contributed by atoms with Crippen molar-refractivity contribution in [1.82, 2.24) is 14.3 Å². The molecule has 0 amide bonds. The van der Waals surface area contributed by atoms with Crippen LogP contribution in [0.2, 0.25) is 0 Å². The lowest BCUT2D eigenvalue weighted by Crippen LogP contribution is -2.36. The van der Waals surface area contributed by atoms with Crippen molar-refractivity contribution < 1.29 is 12.8 Å². The van der Waals surface area contributed by atoms with E-state index in [1.165, 1.54) is 18.5 Å². The highest BCUT2D eigenvalue weighted by atomic mass is 32.2. The standard InChI is InChI=1S/C20H21FN4O2S/c21-16-8-9-18-17(12-16)20(24-14-23-18)22-13-15-6-2-3-7-19(15)28(26,27)25-10-4-1-5-11-25/h2-3,6-9,12,14H,1,4-5,10-11,13H2,(H,22,23,24). The summed E-state index contributed by atoms with van der Waals surface area (Å²) in [5.41, 5.74) is 1.27. The Hall–Kier alpha value is -2.58. The maximum atomic E-state index is 13.6. The molecule has 2 aromatic carbocycles. The van der Waals surface area contributed by atoms with Crippen LogP contribution >= 0.6 is 0 Å². The van der Waals surface area contributed by atoms with E-state index in [0.717, 1.165) is 19.3 Å². The van der Waals surface area contributed by atoms with Gasteiger partial charge in [0.25, 0.3) is 0 Å². The summed E-state index contributed by atoms with van der Waals surface area (Å²) in [5, 5.41) is 3.70. The minimum Gasteiger partial charge on any atom is -0.365 e. The molecule has 1 N–H and O–H groups in total. The highest BCUT2D eigenvalue weighted by Crippen LogP contribution is 2.25. The van der Waals surface area contributed by atoms with E-state index in [-0.39, 0.29) is 12.4 Å². The first kappa shape index (κ1) is 18.8. The number of anilines is 1. The van der Waals surface area contributed by atoms with E-state index >= 15 is 0 Å². The summed E-state index contributed by atoms with van der Waals surface area (Å²) in [4.78, 5) is 8.63. The fourth-order valence-electron chi connectivity index (χ4n) is 3.49. The van der Waals surface area contributed by atoms with Gasteiger partial charge >= 0.3 is 0 Å². The second-order valence-electron chi connectivity index (χ2n) is 6.81. The zero-order valence-electron chi connectivity index (χ0n) is 15.3. The fraction of sp³-hybridized carbons (Fsp3) is 0.300. The van der Waals surface area contributed by atoms with Gasteiger partial charge in [-0.1, -0.05) is 24.6 Å². The predicted octanol–water partition coefficient (Wildman–Crippen LogP) is 3.56. The molecule has 1 saturated heterocycles. The summed E-state index contributed by atoms with van der Waals surface area (Å²) in [5.74, 6) is 0.0908. The van der Waals surface area contributed by atoms with Crippen molar-refractivity contribution in [2.24, 2.45) is 0 Å². The monoisotopic (exact) mass is 400 g/mol. The maximum absolute atomic E-state index is 13.6. The molecule has 4 rings (SSSR count). The third kappa shape index (κ3) is 3.70. The van der Waals surface area contributed by atoms with E-state index in [1.54, 1.807) is 28.6 Å². The van der Waals surface area contributed by atoms with Gasteiger partial charge in [0, 0.05) is 25.0 Å². The summed E-state index contributed by atoms with van der Waals surface area (Å²) in [7, 11) is -3.55. The molecular weight excluding hydrogens is 379 g/mol. The Balaban J connectivity index is 1.63. The van der Waals surface area contributed by atoms with Gasteiger partial charge in [0.15, 0.2) is 0 Å². The quantitative estimate of drug-likeness (QED) is 0.709. The van der Waals surface area contributed by atoms with Gasteiger partial charge in [-0.2, -0.15) is 4.31 Å². The Bertz CT molecular complexity index is 1100.